The van der Waals surface area contributed by atoms with Gasteiger partial charge in [-0.15, -0.1) is 0 Å². The summed E-state index contributed by atoms with van der Waals surface area (Å²) in [7, 11) is 0. The summed E-state index contributed by atoms with van der Waals surface area (Å²) in [6, 6.07) is 10.1. The number of nitrogens with one attached hydrogen (secondary N) is 1. The van der Waals surface area contributed by atoms with Gasteiger partial charge in [0.1, 0.15) is 0 Å². The molecule has 1 amide bonds. The molecular weight excluding hydrogens is 240 g/mol. The van der Waals surface area contributed by atoms with Crippen LogP contribution in [0.1, 0.15) is 31.2 Å². The van der Waals surface area contributed by atoms with Gasteiger partial charge < -0.3 is 15.8 Å². The van der Waals surface area contributed by atoms with Crippen LogP contribution in [0.15, 0.2) is 30.3 Å². The molecule has 4 heteroatoms. The van der Waals surface area contributed by atoms with E-state index in [1.807, 2.05) is 18.2 Å². The second-order valence-corrected chi connectivity index (χ2v) is 4.49. The Morgan fingerprint density at radius 2 is 1.95 bits per heavy atom. The van der Waals surface area contributed by atoms with E-state index in [4.69, 9.17) is 10.5 Å². The van der Waals surface area contributed by atoms with Crippen molar-refractivity contribution >= 4 is 5.91 Å². The van der Waals surface area contributed by atoms with Crippen molar-refractivity contribution in [3.63, 3.8) is 0 Å². The predicted octanol–water partition coefficient (Wildman–Crippen LogP) is 1.84. The smallest absolute Gasteiger partial charge is 0.220 e. The van der Waals surface area contributed by atoms with Gasteiger partial charge >= 0.3 is 0 Å². The molecule has 0 fully saturated rings. The van der Waals surface area contributed by atoms with Crippen molar-refractivity contribution in [2.75, 3.05) is 19.7 Å². The minimum absolute atomic E-state index is 0.0932. The number of ether oxygens (including phenoxy) is 1. The molecule has 0 aromatic heterocycles. The Hall–Kier alpha value is -1.39. The van der Waals surface area contributed by atoms with Crippen LogP contribution in [0.5, 0.6) is 0 Å². The number of carbonyl (C=O) groups is 1. The van der Waals surface area contributed by atoms with E-state index in [1.165, 1.54) is 5.56 Å². The lowest BCUT2D eigenvalue weighted by Gasteiger charge is -2.06. The first kappa shape index (κ1) is 15.7. The molecule has 0 unspecified atom stereocenters. The van der Waals surface area contributed by atoms with E-state index >= 15 is 0 Å². The van der Waals surface area contributed by atoms with Gasteiger partial charge in [-0.1, -0.05) is 30.3 Å². The zero-order chi connectivity index (χ0) is 13.8. The molecule has 0 aliphatic rings. The molecule has 0 saturated heterocycles. The van der Waals surface area contributed by atoms with Gasteiger partial charge in [-0.3, -0.25) is 4.79 Å². The second kappa shape index (κ2) is 10.5. The number of rotatable bonds is 10. The van der Waals surface area contributed by atoms with Crippen molar-refractivity contribution in [3.05, 3.63) is 35.9 Å². The Morgan fingerprint density at radius 3 is 2.68 bits per heavy atom. The third-order valence-corrected chi connectivity index (χ3v) is 2.76. The summed E-state index contributed by atoms with van der Waals surface area (Å²) in [5, 5.41) is 2.88. The number of carbonyl (C=O) groups excluding carboxylic acids is 1. The zero-order valence-electron chi connectivity index (χ0n) is 11.4. The van der Waals surface area contributed by atoms with Crippen molar-refractivity contribution in [2.45, 2.75) is 32.3 Å². The monoisotopic (exact) mass is 264 g/mol. The molecule has 3 N–H and O–H groups in total. The van der Waals surface area contributed by atoms with E-state index in [-0.39, 0.29) is 5.91 Å². The largest absolute Gasteiger partial charge is 0.377 e. The maximum Gasteiger partial charge on any atom is 0.220 e. The van der Waals surface area contributed by atoms with Gasteiger partial charge in [-0.2, -0.15) is 0 Å². The summed E-state index contributed by atoms with van der Waals surface area (Å²) in [4.78, 5) is 11.3. The summed E-state index contributed by atoms with van der Waals surface area (Å²) in [5.41, 5.74) is 6.53. The average Bonchev–Trinajstić information content (AvgIpc) is 2.45. The molecule has 0 heterocycles. The van der Waals surface area contributed by atoms with E-state index in [0.717, 1.165) is 32.4 Å². The van der Waals surface area contributed by atoms with E-state index in [0.29, 0.717) is 19.6 Å². The Morgan fingerprint density at radius 1 is 1.16 bits per heavy atom. The van der Waals surface area contributed by atoms with Crippen molar-refractivity contribution in [3.8, 4) is 0 Å². The molecule has 0 spiro atoms. The number of hydrogen-bond donors (Lipinski definition) is 2. The Labute approximate surface area is 115 Å². The summed E-state index contributed by atoms with van der Waals surface area (Å²) in [6.07, 6.45) is 3.19. The molecule has 0 bridgehead atoms. The third-order valence-electron chi connectivity index (χ3n) is 2.76. The van der Waals surface area contributed by atoms with Crippen molar-refractivity contribution in [1.82, 2.24) is 5.32 Å². The molecular formula is C15H24N2O2. The van der Waals surface area contributed by atoms with Gasteiger partial charge in [-0.05, 0) is 31.4 Å². The number of hydrogen-bond acceptors (Lipinski definition) is 3. The van der Waals surface area contributed by atoms with Gasteiger partial charge in [0.2, 0.25) is 5.91 Å². The van der Waals surface area contributed by atoms with Crippen LogP contribution in [0, 0.1) is 0 Å². The van der Waals surface area contributed by atoms with Crippen molar-refractivity contribution < 1.29 is 9.53 Å². The maximum absolute atomic E-state index is 11.3. The summed E-state index contributed by atoms with van der Waals surface area (Å²) >= 11 is 0. The minimum Gasteiger partial charge on any atom is -0.377 e. The number of unbranched alkanes of at least 4 members (excludes halogenated alkanes) is 1. The lowest BCUT2D eigenvalue weighted by atomic mass is 10.2. The SMILES string of the molecule is NCCCC(=O)NCCCCOCc1ccccc1. The average molecular weight is 264 g/mol. The Bertz CT molecular complexity index is 341. The van der Waals surface area contributed by atoms with Gasteiger partial charge in [0.05, 0.1) is 6.61 Å². The quantitative estimate of drug-likeness (QED) is 0.634. The Balaban J connectivity index is 1.90. The molecule has 0 atom stereocenters. The van der Waals surface area contributed by atoms with Crippen LogP contribution in [0.4, 0.5) is 0 Å². The highest BCUT2D eigenvalue weighted by atomic mass is 16.5. The normalized spacial score (nSPS) is 10.4. The van der Waals surface area contributed by atoms with Gasteiger partial charge in [0.15, 0.2) is 0 Å². The number of amides is 1. The van der Waals surface area contributed by atoms with Gasteiger partial charge in [0.25, 0.3) is 0 Å². The molecule has 0 aliphatic carbocycles. The molecule has 0 radical (unpaired) electrons. The van der Waals surface area contributed by atoms with Crippen molar-refractivity contribution in [1.29, 1.82) is 0 Å². The van der Waals surface area contributed by atoms with Crippen LogP contribution in [0.2, 0.25) is 0 Å². The third kappa shape index (κ3) is 8.35. The fourth-order valence-electron chi connectivity index (χ4n) is 1.67. The maximum atomic E-state index is 11.3. The van der Waals surface area contributed by atoms with Crippen LogP contribution in [-0.2, 0) is 16.1 Å². The highest BCUT2D eigenvalue weighted by Crippen LogP contribution is 2.01. The van der Waals surface area contributed by atoms with Crippen LogP contribution in [0.3, 0.4) is 0 Å². The zero-order valence-corrected chi connectivity index (χ0v) is 11.4. The topological polar surface area (TPSA) is 64.4 Å². The Kier molecular flexibility index (Phi) is 8.68. The minimum atomic E-state index is 0.0932. The van der Waals surface area contributed by atoms with Crippen LogP contribution >= 0.6 is 0 Å². The van der Waals surface area contributed by atoms with Gasteiger partial charge in [-0.25, -0.2) is 0 Å². The van der Waals surface area contributed by atoms with Crippen molar-refractivity contribution in [2.24, 2.45) is 5.73 Å². The number of benzene rings is 1. The molecule has 0 aliphatic heterocycles. The van der Waals surface area contributed by atoms with E-state index in [1.54, 1.807) is 0 Å². The molecule has 4 nitrogen and oxygen atoms in total. The van der Waals surface area contributed by atoms with E-state index in [9.17, 15) is 4.79 Å². The molecule has 1 aromatic carbocycles. The summed E-state index contributed by atoms with van der Waals surface area (Å²) in [6.45, 7) is 2.68. The van der Waals surface area contributed by atoms with Crippen LogP contribution in [0.25, 0.3) is 0 Å². The van der Waals surface area contributed by atoms with Crippen LogP contribution in [-0.4, -0.2) is 25.6 Å². The fraction of sp³-hybridized carbons (Fsp3) is 0.533. The van der Waals surface area contributed by atoms with E-state index in [2.05, 4.69) is 17.4 Å². The highest BCUT2D eigenvalue weighted by molar-refractivity contribution is 5.75. The first-order chi connectivity index (χ1) is 9.33. The van der Waals surface area contributed by atoms with Crippen LogP contribution < -0.4 is 11.1 Å². The lowest BCUT2D eigenvalue weighted by molar-refractivity contribution is -0.121. The molecule has 1 rings (SSSR count). The predicted molar refractivity (Wildman–Crippen MR) is 76.6 cm³/mol. The lowest BCUT2D eigenvalue weighted by Crippen LogP contribution is -2.24. The van der Waals surface area contributed by atoms with E-state index < -0.39 is 0 Å². The highest BCUT2D eigenvalue weighted by Gasteiger charge is 1.98. The summed E-state index contributed by atoms with van der Waals surface area (Å²) in [5.74, 6) is 0.0932. The molecule has 106 valence electrons. The standard InChI is InChI=1S/C15H24N2O2/c16-10-6-9-15(18)17-11-4-5-12-19-13-14-7-2-1-3-8-14/h1-3,7-8H,4-6,9-13,16H2,(H,17,18). The molecule has 0 saturated carbocycles. The van der Waals surface area contributed by atoms with Gasteiger partial charge in [0, 0.05) is 19.6 Å². The number of nitrogens with two attached hydrogens (primary N) is 1. The first-order valence-corrected chi connectivity index (χ1v) is 6.91. The first-order valence-electron chi connectivity index (χ1n) is 6.91. The fourth-order valence-corrected chi connectivity index (χ4v) is 1.67. The second-order valence-electron chi connectivity index (χ2n) is 4.49. The summed E-state index contributed by atoms with van der Waals surface area (Å²) < 4.78 is 5.56. The molecule has 1 aromatic rings. The molecule has 19 heavy (non-hydrogen) atoms.